The molecule has 1 aromatic heterocycles. The molecule has 4 nitrogen and oxygen atoms in total. The third-order valence-electron chi connectivity index (χ3n) is 6.65. The first kappa shape index (κ1) is 23.3. The van der Waals surface area contributed by atoms with Crippen LogP contribution in [0.3, 0.4) is 0 Å². The Morgan fingerprint density at radius 3 is 2.45 bits per heavy atom. The minimum Gasteiger partial charge on any atom is -0.399 e. The van der Waals surface area contributed by atoms with E-state index in [0.29, 0.717) is 23.1 Å². The van der Waals surface area contributed by atoms with Gasteiger partial charge in [-0.15, -0.1) is 0 Å². The Hall–Kier alpha value is -2.83. The molecule has 3 aromatic rings. The van der Waals surface area contributed by atoms with Gasteiger partial charge in [0.05, 0.1) is 17.1 Å². The number of halogens is 3. The Kier molecular flexibility index (Phi) is 6.50. The molecule has 0 aliphatic heterocycles. The normalized spacial score (nSPS) is 15.8. The van der Waals surface area contributed by atoms with Gasteiger partial charge < -0.3 is 11.1 Å². The third-order valence-corrected chi connectivity index (χ3v) is 6.65. The third kappa shape index (κ3) is 5.23. The summed E-state index contributed by atoms with van der Waals surface area (Å²) in [5, 5.41) is 4.23. The lowest BCUT2D eigenvalue weighted by Crippen LogP contribution is -2.13. The van der Waals surface area contributed by atoms with Crippen LogP contribution < -0.4 is 11.1 Å². The molecule has 1 heterocycles. The molecule has 4 rings (SSSR count). The van der Waals surface area contributed by atoms with Gasteiger partial charge in [-0.05, 0) is 79.6 Å². The van der Waals surface area contributed by atoms with E-state index < -0.39 is 17.8 Å². The molecule has 0 radical (unpaired) electrons. The van der Waals surface area contributed by atoms with Crippen molar-refractivity contribution in [1.82, 2.24) is 9.97 Å². The van der Waals surface area contributed by atoms with E-state index in [1.165, 1.54) is 36.8 Å². The van der Waals surface area contributed by atoms with Crippen molar-refractivity contribution in [3.63, 3.8) is 0 Å². The van der Waals surface area contributed by atoms with Crippen LogP contribution in [0, 0.1) is 12.8 Å². The summed E-state index contributed by atoms with van der Waals surface area (Å²) >= 11 is 0. The second-order valence-corrected chi connectivity index (χ2v) is 9.22. The van der Waals surface area contributed by atoms with Crippen LogP contribution in [0.2, 0.25) is 0 Å². The average molecular weight is 457 g/mol. The van der Waals surface area contributed by atoms with E-state index in [1.807, 2.05) is 13.8 Å². The van der Waals surface area contributed by atoms with Gasteiger partial charge in [-0.2, -0.15) is 13.2 Å². The van der Waals surface area contributed by atoms with Gasteiger partial charge in [0.1, 0.15) is 11.6 Å². The Morgan fingerprint density at radius 2 is 1.79 bits per heavy atom. The van der Waals surface area contributed by atoms with E-state index in [1.54, 1.807) is 6.07 Å². The Balaban J connectivity index is 1.71. The molecular weight excluding hydrogens is 425 g/mol. The molecular formula is C26H31F3N4. The fraction of sp³-hybridized carbons (Fsp3) is 0.462. The van der Waals surface area contributed by atoms with Crippen molar-refractivity contribution >= 4 is 22.4 Å². The number of hydrogen-bond acceptors (Lipinski definition) is 4. The summed E-state index contributed by atoms with van der Waals surface area (Å²) in [6, 6.07) is 7.58. The van der Waals surface area contributed by atoms with E-state index in [2.05, 4.69) is 34.3 Å². The monoisotopic (exact) mass is 456 g/mol. The molecule has 0 amide bonds. The van der Waals surface area contributed by atoms with Crippen molar-refractivity contribution in [2.45, 2.75) is 71.5 Å². The van der Waals surface area contributed by atoms with Gasteiger partial charge in [0, 0.05) is 11.1 Å². The number of aromatic nitrogens is 2. The minimum atomic E-state index is -4.45. The molecule has 176 valence electrons. The lowest BCUT2D eigenvalue weighted by molar-refractivity contribution is -0.137. The summed E-state index contributed by atoms with van der Waals surface area (Å²) in [4.78, 5) is 9.25. The molecule has 0 saturated heterocycles. The summed E-state index contributed by atoms with van der Waals surface area (Å²) in [5.74, 6) is 1.96. The van der Waals surface area contributed by atoms with Gasteiger partial charge in [0.15, 0.2) is 0 Å². The van der Waals surface area contributed by atoms with Crippen molar-refractivity contribution in [2.75, 3.05) is 11.1 Å². The predicted octanol–water partition coefficient (Wildman–Crippen LogP) is 7.01. The first-order chi connectivity index (χ1) is 15.6. The highest BCUT2D eigenvalue weighted by Crippen LogP contribution is 2.35. The Morgan fingerprint density at radius 1 is 1.06 bits per heavy atom. The maximum absolute atomic E-state index is 13.3. The van der Waals surface area contributed by atoms with Gasteiger partial charge in [-0.1, -0.05) is 32.6 Å². The smallest absolute Gasteiger partial charge is 0.399 e. The number of rotatable bonds is 6. The number of hydrogen-bond donors (Lipinski definition) is 2. The number of fused-ring (bicyclic) bond motifs is 1. The van der Waals surface area contributed by atoms with Crippen LogP contribution in [0.1, 0.15) is 73.7 Å². The highest BCUT2D eigenvalue weighted by Gasteiger charge is 2.31. The Labute approximate surface area is 192 Å². The van der Waals surface area contributed by atoms with Crippen LogP contribution in [-0.2, 0) is 19.0 Å². The quantitative estimate of drug-likeness (QED) is 0.392. The van der Waals surface area contributed by atoms with Crippen LogP contribution in [0.15, 0.2) is 30.3 Å². The van der Waals surface area contributed by atoms with Crippen LogP contribution >= 0.6 is 0 Å². The lowest BCUT2D eigenvalue weighted by atomic mass is 9.92. The maximum Gasteiger partial charge on any atom is 0.416 e. The largest absolute Gasteiger partial charge is 0.416 e. The van der Waals surface area contributed by atoms with E-state index in [4.69, 9.17) is 5.73 Å². The van der Waals surface area contributed by atoms with Crippen LogP contribution in [0.25, 0.3) is 10.9 Å². The highest BCUT2D eigenvalue weighted by atomic mass is 19.4. The molecule has 2 aromatic carbocycles. The SMILES string of the molecule is CCc1cc2nc(C)nc(NC(C)c3cc(N)cc(C(F)(F)F)c3)c2cc1CC1CCCC1. The first-order valence-corrected chi connectivity index (χ1v) is 11.7. The summed E-state index contributed by atoms with van der Waals surface area (Å²) in [6.45, 7) is 5.81. The van der Waals surface area contributed by atoms with Crippen molar-refractivity contribution in [1.29, 1.82) is 0 Å². The summed E-state index contributed by atoms with van der Waals surface area (Å²) in [7, 11) is 0. The number of nitrogens with one attached hydrogen (secondary N) is 1. The molecule has 7 heteroatoms. The van der Waals surface area contributed by atoms with Crippen molar-refractivity contribution in [3.05, 3.63) is 58.4 Å². The zero-order valence-corrected chi connectivity index (χ0v) is 19.4. The Bertz CT molecular complexity index is 1150. The fourth-order valence-corrected chi connectivity index (χ4v) is 4.91. The van der Waals surface area contributed by atoms with Crippen LogP contribution in [0.4, 0.5) is 24.7 Å². The molecule has 1 fully saturated rings. The summed E-state index contributed by atoms with van der Waals surface area (Å²) < 4.78 is 39.9. The predicted molar refractivity (Wildman–Crippen MR) is 127 cm³/mol. The van der Waals surface area contributed by atoms with Gasteiger partial charge >= 0.3 is 6.18 Å². The lowest BCUT2D eigenvalue weighted by Gasteiger charge is -2.20. The van der Waals surface area contributed by atoms with Crippen molar-refractivity contribution in [3.8, 4) is 0 Å². The molecule has 1 saturated carbocycles. The number of nitrogens with two attached hydrogens (primary N) is 1. The van der Waals surface area contributed by atoms with E-state index in [-0.39, 0.29) is 5.69 Å². The zero-order chi connectivity index (χ0) is 23.8. The van der Waals surface area contributed by atoms with E-state index >= 15 is 0 Å². The molecule has 33 heavy (non-hydrogen) atoms. The topological polar surface area (TPSA) is 63.8 Å². The van der Waals surface area contributed by atoms with Crippen LogP contribution in [0.5, 0.6) is 0 Å². The molecule has 0 bridgehead atoms. The molecule has 3 N–H and O–H groups in total. The van der Waals surface area contributed by atoms with Crippen LogP contribution in [-0.4, -0.2) is 9.97 Å². The van der Waals surface area contributed by atoms with E-state index in [0.717, 1.165) is 35.9 Å². The molecule has 1 aliphatic carbocycles. The van der Waals surface area contributed by atoms with Gasteiger partial charge in [0.25, 0.3) is 0 Å². The molecule has 1 atom stereocenters. The molecule has 1 aliphatic rings. The number of aryl methyl sites for hydroxylation is 2. The zero-order valence-electron chi connectivity index (χ0n) is 19.4. The standard InChI is InChI=1S/C26H31F3N4/c1-4-18-13-24-23(12-20(18)9-17-7-5-6-8-17)25(33-16(3)32-24)31-15(2)19-10-21(26(27,28)29)14-22(30)11-19/h10-15,17H,4-9,30H2,1-3H3,(H,31,32,33). The van der Waals surface area contributed by atoms with Gasteiger partial charge in [-0.3, -0.25) is 0 Å². The van der Waals surface area contributed by atoms with Gasteiger partial charge in [0.2, 0.25) is 0 Å². The first-order valence-electron chi connectivity index (χ1n) is 11.7. The number of anilines is 2. The number of nitrogens with zero attached hydrogens (tertiary/aromatic N) is 2. The molecule has 1 unspecified atom stereocenters. The molecule has 0 spiro atoms. The minimum absolute atomic E-state index is 0.0867. The van der Waals surface area contributed by atoms with Gasteiger partial charge in [-0.25, -0.2) is 9.97 Å². The number of alkyl halides is 3. The van der Waals surface area contributed by atoms with Crippen molar-refractivity contribution < 1.29 is 13.2 Å². The van der Waals surface area contributed by atoms with E-state index in [9.17, 15) is 13.2 Å². The maximum atomic E-state index is 13.3. The highest BCUT2D eigenvalue weighted by molar-refractivity contribution is 5.90. The summed E-state index contributed by atoms with van der Waals surface area (Å²) in [5.41, 5.74) is 9.06. The number of benzene rings is 2. The second-order valence-electron chi connectivity index (χ2n) is 9.22. The fourth-order valence-electron chi connectivity index (χ4n) is 4.91. The summed E-state index contributed by atoms with van der Waals surface area (Å²) in [6.07, 6.45) is 2.66. The second kappa shape index (κ2) is 9.20. The number of nitrogen functional groups attached to an aromatic ring is 1. The van der Waals surface area contributed by atoms with Crippen molar-refractivity contribution in [2.24, 2.45) is 5.92 Å². The average Bonchev–Trinajstić information content (AvgIpc) is 3.25.